The Bertz CT molecular complexity index is 676. The van der Waals surface area contributed by atoms with E-state index in [0.717, 1.165) is 17.7 Å². The summed E-state index contributed by atoms with van der Waals surface area (Å²) in [4.78, 5) is 14.0. The van der Waals surface area contributed by atoms with Gasteiger partial charge in [-0.05, 0) is 17.7 Å². The molecule has 1 saturated heterocycles. The minimum Gasteiger partial charge on any atom is -0.370 e. The summed E-state index contributed by atoms with van der Waals surface area (Å²) in [5.41, 5.74) is 0.856. The first kappa shape index (κ1) is 14.7. The highest BCUT2D eigenvalue weighted by atomic mass is 19.1. The molecule has 5 heteroatoms. The normalized spacial score (nSPS) is 18.3. The number of carbonyl (C=O) groups is 1. The van der Waals surface area contributed by atoms with Gasteiger partial charge < -0.3 is 9.64 Å². The van der Waals surface area contributed by atoms with E-state index in [0.29, 0.717) is 19.7 Å². The van der Waals surface area contributed by atoms with Gasteiger partial charge in [0, 0.05) is 12.6 Å². The van der Waals surface area contributed by atoms with Crippen LogP contribution in [0, 0.1) is 11.6 Å². The number of nitrogens with zero attached hydrogens (tertiary/aromatic N) is 1. The van der Waals surface area contributed by atoms with Crippen LogP contribution < -0.4 is 0 Å². The van der Waals surface area contributed by atoms with Gasteiger partial charge in [0.05, 0.1) is 18.7 Å². The molecule has 0 bridgehead atoms. The van der Waals surface area contributed by atoms with Crippen molar-refractivity contribution >= 4 is 5.91 Å². The third kappa shape index (κ3) is 2.99. The van der Waals surface area contributed by atoms with Crippen molar-refractivity contribution in [2.24, 2.45) is 0 Å². The highest BCUT2D eigenvalue weighted by Gasteiger charge is 2.27. The van der Waals surface area contributed by atoms with Gasteiger partial charge in [-0.2, -0.15) is 0 Å². The van der Waals surface area contributed by atoms with E-state index < -0.39 is 17.5 Å². The second kappa shape index (κ2) is 6.23. The lowest BCUT2D eigenvalue weighted by Crippen LogP contribution is -2.42. The highest BCUT2D eigenvalue weighted by Crippen LogP contribution is 2.23. The summed E-state index contributed by atoms with van der Waals surface area (Å²) in [6.45, 7) is 1.12. The average molecular weight is 303 g/mol. The molecule has 1 heterocycles. The van der Waals surface area contributed by atoms with Gasteiger partial charge in [-0.25, -0.2) is 8.78 Å². The van der Waals surface area contributed by atoms with Gasteiger partial charge in [0.15, 0.2) is 0 Å². The van der Waals surface area contributed by atoms with Crippen molar-refractivity contribution in [3.05, 3.63) is 71.3 Å². The Morgan fingerprint density at radius 1 is 1.14 bits per heavy atom. The first-order valence-corrected chi connectivity index (χ1v) is 7.06. The summed E-state index contributed by atoms with van der Waals surface area (Å²) >= 11 is 0. The molecule has 3 rings (SSSR count). The zero-order valence-corrected chi connectivity index (χ0v) is 11.8. The lowest BCUT2D eigenvalue weighted by atomic mass is 10.1. The molecule has 1 unspecified atom stereocenters. The molecule has 0 spiro atoms. The molecule has 0 radical (unpaired) electrons. The van der Waals surface area contributed by atoms with Crippen molar-refractivity contribution in [1.82, 2.24) is 4.90 Å². The Kier molecular flexibility index (Phi) is 4.15. The predicted octanol–water partition coefficient (Wildman–Crippen LogP) is 3.18. The van der Waals surface area contributed by atoms with Crippen molar-refractivity contribution in [3.8, 4) is 0 Å². The van der Waals surface area contributed by atoms with Crippen LogP contribution in [0.2, 0.25) is 0 Å². The Hall–Kier alpha value is -2.27. The van der Waals surface area contributed by atoms with Crippen molar-refractivity contribution in [2.45, 2.75) is 6.10 Å². The molecule has 22 heavy (non-hydrogen) atoms. The first-order chi connectivity index (χ1) is 10.6. The molecule has 1 amide bonds. The molecular weight excluding hydrogens is 288 g/mol. The third-order valence-corrected chi connectivity index (χ3v) is 3.69. The highest BCUT2D eigenvalue weighted by molar-refractivity contribution is 5.94. The number of morpholine rings is 1. The Balaban J connectivity index is 1.78. The van der Waals surface area contributed by atoms with Crippen LogP contribution >= 0.6 is 0 Å². The monoisotopic (exact) mass is 303 g/mol. The van der Waals surface area contributed by atoms with Crippen LogP contribution in [0.25, 0.3) is 0 Å². The lowest BCUT2D eigenvalue weighted by molar-refractivity contribution is -0.0229. The third-order valence-electron chi connectivity index (χ3n) is 3.69. The number of carbonyl (C=O) groups excluding carboxylic acids is 1. The number of halogens is 2. The van der Waals surface area contributed by atoms with Crippen LogP contribution in [0.4, 0.5) is 8.78 Å². The number of ether oxygens (including phenoxy) is 1. The minimum atomic E-state index is -0.840. The molecular formula is C17H15F2NO2. The van der Waals surface area contributed by atoms with E-state index in [1.54, 1.807) is 0 Å². The maximum Gasteiger partial charge on any atom is 0.257 e. The van der Waals surface area contributed by atoms with Crippen molar-refractivity contribution < 1.29 is 18.3 Å². The van der Waals surface area contributed by atoms with Crippen molar-refractivity contribution in [3.63, 3.8) is 0 Å². The van der Waals surface area contributed by atoms with E-state index in [9.17, 15) is 13.6 Å². The number of rotatable bonds is 2. The molecule has 0 N–H and O–H groups in total. The van der Waals surface area contributed by atoms with E-state index >= 15 is 0 Å². The van der Waals surface area contributed by atoms with Gasteiger partial charge >= 0.3 is 0 Å². The molecule has 0 aromatic heterocycles. The summed E-state index contributed by atoms with van der Waals surface area (Å²) in [7, 11) is 0. The predicted molar refractivity (Wildman–Crippen MR) is 77.4 cm³/mol. The van der Waals surface area contributed by atoms with E-state index in [2.05, 4.69) is 0 Å². The zero-order chi connectivity index (χ0) is 15.5. The number of amides is 1. The summed E-state index contributed by atoms with van der Waals surface area (Å²) < 4.78 is 32.4. The van der Waals surface area contributed by atoms with Crippen molar-refractivity contribution in [2.75, 3.05) is 19.7 Å². The SMILES string of the molecule is O=C(c1ccc(F)cc1F)N1CCOC(c2ccccc2)C1. The van der Waals surface area contributed by atoms with Crippen LogP contribution in [0.1, 0.15) is 22.0 Å². The van der Waals surface area contributed by atoms with E-state index in [1.165, 1.54) is 11.0 Å². The fourth-order valence-electron chi connectivity index (χ4n) is 2.54. The summed E-state index contributed by atoms with van der Waals surface area (Å²) in [6.07, 6.45) is -0.234. The van der Waals surface area contributed by atoms with Gasteiger partial charge in [-0.1, -0.05) is 30.3 Å². The van der Waals surface area contributed by atoms with Crippen LogP contribution in [-0.2, 0) is 4.74 Å². The van der Waals surface area contributed by atoms with Crippen LogP contribution in [0.3, 0.4) is 0 Å². The zero-order valence-electron chi connectivity index (χ0n) is 11.8. The molecule has 2 aromatic carbocycles. The molecule has 1 aliphatic rings. The van der Waals surface area contributed by atoms with Gasteiger partial charge in [0.25, 0.3) is 5.91 Å². The molecule has 114 valence electrons. The van der Waals surface area contributed by atoms with Gasteiger partial charge in [0.1, 0.15) is 17.7 Å². The summed E-state index contributed by atoms with van der Waals surface area (Å²) in [5, 5.41) is 0. The fourth-order valence-corrected chi connectivity index (χ4v) is 2.54. The molecule has 0 aliphatic carbocycles. The fraction of sp³-hybridized carbons (Fsp3) is 0.235. The molecule has 0 saturated carbocycles. The first-order valence-electron chi connectivity index (χ1n) is 7.06. The number of hydrogen-bond acceptors (Lipinski definition) is 2. The van der Waals surface area contributed by atoms with Gasteiger partial charge in [-0.3, -0.25) is 4.79 Å². The molecule has 2 aromatic rings. The largest absolute Gasteiger partial charge is 0.370 e. The Labute approximate surface area is 127 Å². The van der Waals surface area contributed by atoms with E-state index in [-0.39, 0.29) is 11.7 Å². The topological polar surface area (TPSA) is 29.5 Å². The number of hydrogen-bond donors (Lipinski definition) is 0. The molecule has 1 atom stereocenters. The van der Waals surface area contributed by atoms with E-state index in [4.69, 9.17) is 4.74 Å². The smallest absolute Gasteiger partial charge is 0.257 e. The Morgan fingerprint density at radius 3 is 2.64 bits per heavy atom. The van der Waals surface area contributed by atoms with Gasteiger partial charge in [-0.15, -0.1) is 0 Å². The maximum atomic E-state index is 13.8. The second-order valence-corrected chi connectivity index (χ2v) is 5.15. The number of benzene rings is 2. The van der Waals surface area contributed by atoms with Crippen LogP contribution in [0.5, 0.6) is 0 Å². The maximum absolute atomic E-state index is 13.8. The molecule has 3 nitrogen and oxygen atoms in total. The van der Waals surface area contributed by atoms with Crippen LogP contribution in [0.15, 0.2) is 48.5 Å². The van der Waals surface area contributed by atoms with Gasteiger partial charge in [0.2, 0.25) is 0 Å². The average Bonchev–Trinajstić information content (AvgIpc) is 2.55. The van der Waals surface area contributed by atoms with E-state index in [1.807, 2.05) is 30.3 Å². The standard InChI is InChI=1S/C17H15F2NO2/c18-13-6-7-14(15(19)10-13)17(21)20-8-9-22-16(11-20)12-4-2-1-3-5-12/h1-7,10,16H,8-9,11H2. The lowest BCUT2D eigenvalue weighted by Gasteiger charge is -2.33. The van der Waals surface area contributed by atoms with Crippen molar-refractivity contribution in [1.29, 1.82) is 0 Å². The minimum absolute atomic E-state index is 0.116. The summed E-state index contributed by atoms with van der Waals surface area (Å²) in [6, 6.07) is 12.6. The van der Waals surface area contributed by atoms with Crippen LogP contribution in [-0.4, -0.2) is 30.5 Å². The quantitative estimate of drug-likeness (QED) is 0.853. The Morgan fingerprint density at radius 2 is 1.91 bits per heavy atom. The molecule has 1 aliphatic heterocycles. The second-order valence-electron chi connectivity index (χ2n) is 5.15. The molecule has 1 fully saturated rings. The summed E-state index contributed by atoms with van der Waals surface area (Å²) in [5.74, 6) is -1.98.